The first kappa shape index (κ1) is 27.4. The van der Waals surface area contributed by atoms with Gasteiger partial charge in [0.25, 0.3) is 0 Å². The number of benzene rings is 2. The van der Waals surface area contributed by atoms with Gasteiger partial charge in [-0.25, -0.2) is 0 Å². The highest BCUT2D eigenvalue weighted by molar-refractivity contribution is 9.09. The fraction of sp³-hybridized carbons (Fsp3) is 0.533. The average Bonchev–Trinajstić information content (AvgIpc) is 2.86. The van der Waals surface area contributed by atoms with Crippen molar-refractivity contribution in [1.29, 1.82) is 0 Å². The van der Waals surface area contributed by atoms with E-state index in [1.807, 2.05) is 0 Å². The molecule has 0 N–H and O–H groups in total. The number of ketones is 2. The van der Waals surface area contributed by atoms with Crippen molar-refractivity contribution in [2.45, 2.75) is 95.9 Å². The third-order valence-electron chi connectivity index (χ3n) is 6.53. The van der Waals surface area contributed by atoms with Gasteiger partial charge in [-0.15, -0.1) is 0 Å². The van der Waals surface area contributed by atoms with Crippen LogP contribution in [0.5, 0.6) is 11.5 Å². The number of hydrogen-bond acceptors (Lipinski definition) is 4. The molecule has 2 aromatic rings. The van der Waals surface area contributed by atoms with Gasteiger partial charge in [0.05, 0.1) is 17.7 Å². The lowest BCUT2D eigenvalue weighted by molar-refractivity contribution is 0.0971. The van der Waals surface area contributed by atoms with Crippen LogP contribution in [0.1, 0.15) is 123 Å². The molecule has 0 amide bonds. The van der Waals surface area contributed by atoms with Crippen molar-refractivity contribution in [2.75, 3.05) is 6.61 Å². The molecule has 2 aromatic carbocycles. The summed E-state index contributed by atoms with van der Waals surface area (Å²) in [6.45, 7) is 4.85. The number of hydrogen-bond donors (Lipinski definition) is 0. The first-order chi connectivity index (χ1) is 17.1. The number of rotatable bonds is 16. The molecule has 0 bridgehead atoms. The number of ether oxygens (including phenoxy) is 2. The van der Waals surface area contributed by atoms with Crippen molar-refractivity contribution in [3.05, 3.63) is 58.7 Å². The second-order valence-electron chi connectivity index (χ2n) is 9.36. The second-order valence-corrected chi connectivity index (χ2v) is 10.4. The van der Waals surface area contributed by atoms with Crippen molar-refractivity contribution in [1.82, 2.24) is 0 Å². The summed E-state index contributed by atoms with van der Waals surface area (Å²) in [5.74, 6) is 0.526. The maximum Gasteiger partial charge on any atom is 0.198 e. The molecule has 0 saturated carbocycles. The summed E-state index contributed by atoms with van der Waals surface area (Å²) in [5.41, 5.74) is 1.49. The topological polar surface area (TPSA) is 52.6 Å². The molecule has 1 atom stereocenters. The molecule has 0 aliphatic heterocycles. The monoisotopic (exact) mass is 542 g/mol. The van der Waals surface area contributed by atoms with Gasteiger partial charge in [0.2, 0.25) is 0 Å². The lowest BCUT2D eigenvalue weighted by Gasteiger charge is -2.24. The number of halogens is 1. The number of alkyl halides is 1. The minimum absolute atomic E-state index is 0.180. The Balaban J connectivity index is 1.64. The van der Waals surface area contributed by atoms with E-state index in [-0.39, 0.29) is 16.6 Å². The van der Waals surface area contributed by atoms with E-state index in [1.54, 1.807) is 36.4 Å². The van der Waals surface area contributed by atoms with E-state index < -0.39 is 0 Å². The summed E-state index contributed by atoms with van der Waals surface area (Å²) in [5, 5.41) is -0.227. The molecule has 1 aliphatic carbocycles. The van der Waals surface area contributed by atoms with E-state index in [2.05, 4.69) is 29.8 Å². The van der Waals surface area contributed by atoms with Crippen molar-refractivity contribution >= 4 is 27.5 Å². The van der Waals surface area contributed by atoms with Crippen LogP contribution in [0.3, 0.4) is 0 Å². The van der Waals surface area contributed by atoms with Gasteiger partial charge < -0.3 is 9.47 Å². The first-order valence-electron chi connectivity index (χ1n) is 13.4. The third kappa shape index (κ3) is 7.42. The van der Waals surface area contributed by atoms with Gasteiger partial charge in [0.15, 0.2) is 16.6 Å². The standard InChI is InChI=1S/C30H39BrO4/c1-3-5-6-7-8-9-10-11-12-15-21-34-24-19-20-25(35-26(31)16-4-2)28-27(24)29(32)22-17-13-14-18-23(22)30(28)33/h13-14,17-20,26H,3-12,15-16,21H2,1-2H3. The molecule has 0 fully saturated rings. The zero-order chi connectivity index (χ0) is 25.0. The molecule has 0 heterocycles. The summed E-state index contributed by atoms with van der Waals surface area (Å²) in [6.07, 6.45) is 14.2. The third-order valence-corrected chi connectivity index (χ3v) is 7.17. The van der Waals surface area contributed by atoms with Crippen molar-refractivity contribution in [2.24, 2.45) is 0 Å². The molecule has 0 radical (unpaired) electrons. The Bertz CT molecular complexity index is 984. The van der Waals surface area contributed by atoms with Crippen molar-refractivity contribution in [3.63, 3.8) is 0 Å². The van der Waals surface area contributed by atoms with Crippen LogP contribution in [0.4, 0.5) is 0 Å². The summed E-state index contributed by atoms with van der Waals surface area (Å²) >= 11 is 3.53. The van der Waals surface area contributed by atoms with Crippen LogP contribution >= 0.6 is 15.9 Å². The fourth-order valence-corrected chi connectivity index (χ4v) is 5.24. The van der Waals surface area contributed by atoms with Crippen LogP contribution < -0.4 is 9.47 Å². The molecule has 4 nitrogen and oxygen atoms in total. The molecule has 190 valence electrons. The van der Waals surface area contributed by atoms with Gasteiger partial charge >= 0.3 is 0 Å². The van der Waals surface area contributed by atoms with E-state index in [4.69, 9.17) is 9.47 Å². The average molecular weight is 544 g/mol. The number of carbonyl (C=O) groups is 2. The van der Waals surface area contributed by atoms with Gasteiger partial charge in [-0.1, -0.05) is 102 Å². The van der Waals surface area contributed by atoms with Crippen LogP contribution in [0.25, 0.3) is 0 Å². The maximum absolute atomic E-state index is 13.4. The molecule has 1 aliphatic rings. The summed E-state index contributed by atoms with van der Waals surface area (Å²) in [4.78, 5) is 26.9. The van der Waals surface area contributed by atoms with E-state index in [0.29, 0.717) is 40.4 Å². The molecule has 0 spiro atoms. The van der Waals surface area contributed by atoms with Crippen LogP contribution in [0.15, 0.2) is 36.4 Å². The number of unbranched alkanes of at least 4 members (excludes halogenated alkanes) is 9. The molecule has 35 heavy (non-hydrogen) atoms. The molecule has 5 heteroatoms. The number of fused-ring (bicyclic) bond motifs is 2. The van der Waals surface area contributed by atoms with Gasteiger partial charge in [0.1, 0.15) is 11.5 Å². The number of carbonyl (C=O) groups excluding carboxylic acids is 2. The predicted octanol–water partition coefficient (Wildman–Crippen LogP) is 8.66. The summed E-state index contributed by atoms with van der Waals surface area (Å²) < 4.78 is 12.1. The molecular weight excluding hydrogens is 504 g/mol. The Labute approximate surface area is 218 Å². The summed E-state index contributed by atoms with van der Waals surface area (Å²) in [7, 11) is 0. The highest BCUT2D eigenvalue weighted by atomic mass is 79.9. The lowest BCUT2D eigenvalue weighted by Crippen LogP contribution is -2.24. The Kier molecular flexibility index (Phi) is 11.3. The first-order valence-corrected chi connectivity index (χ1v) is 14.3. The normalized spacial score (nSPS) is 13.3. The lowest BCUT2D eigenvalue weighted by atomic mass is 9.83. The van der Waals surface area contributed by atoms with E-state index in [1.165, 1.54) is 51.4 Å². The van der Waals surface area contributed by atoms with E-state index >= 15 is 0 Å². The summed E-state index contributed by atoms with van der Waals surface area (Å²) in [6, 6.07) is 10.5. The molecule has 0 saturated heterocycles. The van der Waals surface area contributed by atoms with Crippen LogP contribution in [-0.2, 0) is 0 Å². The molecule has 1 unspecified atom stereocenters. The molecular formula is C30H39BrO4. The van der Waals surface area contributed by atoms with Gasteiger partial charge in [-0.2, -0.15) is 0 Å². The van der Waals surface area contributed by atoms with Crippen molar-refractivity contribution < 1.29 is 19.1 Å². The Morgan fingerprint density at radius 1 is 0.686 bits per heavy atom. The highest BCUT2D eigenvalue weighted by Gasteiger charge is 2.35. The predicted molar refractivity (Wildman–Crippen MR) is 145 cm³/mol. The van der Waals surface area contributed by atoms with Crippen LogP contribution in [0, 0.1) is 0 Å². The van der Waals surface area contributed by atoms with Gasteiger partial charge in [-0.05, 0) is 40.9 Å². The van der Waals surface area contributed by atoms with Crippen LogP contribution in [-0.4, -0.2) is 23.2 Å². The largest absolute Gasteiger partial charge is 0.493 e. The SMILES string of the molecule is CCCCCCCCCCCCOc1ccc(OC(Br)CCC)c2c1C(=O)c1ccccc1C2=O. The minimum atomic E-state index is -0.227. The van der Waals surface area contributed by atoms with Gasteiger partial charge in [0, 0.05) is 11.1 Å². The van der Waals surface area contributed by atoms with E-state index in [0.717, 1.165) is 25.7 Å². The quantitative estimate of drug-likeness (QED) is 0.134. The minimum Gasteiger partial charge on any atom is -0.493 e. The zero-order valence-corrected chi connectivity index (χ0v) is 22.8. The van der Waals surface area contributed by atoms with Gasteiger partial charge in [-0.3, -0.25) is 9.59 Å². The smallest absolute Gasteiger partial charge is 0.198 e. The molecule has 3 rings (SSSR count). The molecule has 0 aromatic heterocycles. The zero-order valence-electron chi connectivity index (χ0n) is 21.2. The maximum atomic E-state index is 13.4. The fourth-order valence-electron chi connectivity index (χ4n) is 4.58. The Morgan fingerprint density at radius 2 is 1.20 bits per heavy atom. The second kappa shape index (κ2) is 14.4. The van der Waals surface area contributed by atoms with Crippen molar-refractivity contribution in [3.8, 4) is 11.5 Å². The highest BCUT2D eigenvalue weighted by Crippen LogP contribution is 2.39. The van der Waals surface area contributed by atoms with Crippen LogP contribution in [0.2, 0.25) is 0 Å². The van der Waals surface area contributed by atoms with E-state index in [9.17, 15) is 9.59 Å². The Hall–Kier alpha value is -2.14. The Morgan fingerprint density at radius 3 is 1.77 bits per heavy atom.